The Labute approximate surface area is 116 Å². The summed E-state index contributed by atoms with van der Waals surface area (Å²) in [5.41, 5.74) is 2.32. The predicted molar refractivity (Wildman–Crippen MR) is 79.8 cm³/mol. The Morgan fingerprint density at radius 1 is 1.21 bits per heavy atom. The van der Waals surface area contributed by atoms with Crippen molar-refractivity contribution in [3.05, 3.63) is 29.8 Å². The number of unbranched alkanes of at least 4 members (excludes halogenated alkanes) is 1. The van der Waals surface area contributed by atoms with Gasteiger partial charge in [-0.2, -0.15) is 0 Å². The van der Waals surface area contributed by atoms with Crippen molar-refractivity contribution in [3.8, 4) is 0 Å². The van der Waals surface area contributed by atoms with Crippen LogP contribution in [-0.2, 0) is 11.2 Å². The Hall–Kier alpha value is -1.51. The van der Waals surface area contributed by atoms with Crippen molar-refractivity contribution < 1.29 is 9.90 Å². The largest absolute Gasteiger partial charge is 0.480 e. The Morgan fingerprint density at radius 2 is 1.84 bits per heavy atom. The number of nitrogens with zero attached hydrogens (tertiary/aromatic N) is 1. The average molecular weight is 263 g/mol. The van der Waals surface area contributed by atoms with E-state index < -0.39 is 12.0 Å². The molecular formula is C16H25NO2. The van der Waals surface area contributed by atoms with Crippen LogP contribution >= 0.6 is 0 Å². The second-order valence-electron chi connectivity index (χ2n) is 4.98. The lowest BCUT2D eigenvalue weighted by Crippen LogP contribution is -2.39. The first-order valence-corrected chi connectivity index (χ1v) is 7.18. The van der Waals surface area contributed by atoms with Crippen LogP contribution in [-0.4, -0.2) is 23.7 Å². The maximum Gasteiger partial charge on any atom is 0.326 e. The number of carboxylic acids is 1. The minimum Gasteiger partial charge on any atom is -0.480 e. The Balaban J connectivity index is 2.82. The van der Waals surface area contributed by atoms with Gasteiger partial charge in [-0.25, -0.2) is 4.79 Å². The number of aliphatic carboxylic acids is 1. The van der Waals surface area contributed by atoms with Gasteiger partial charge in [0.05, 0.1) is 0 Å². The van der Waals surface area contributed by atoms with Crippen molar-refractivity contribution in [1.29, 1.82) is 0 Å². The van der Waals surface area contributed by atoms with Gasteiger partial charge in [0, 0.05) is 12.2 Å². The highest BCUT2D eigenvalue weighted by molar-refractivity contribution is 5.77. The van der Waals surface area contributed by atoms with E-state index in [1.807, 2.05) is 17.0 Å². The van der Waals surface area contributed by atoms with Crippen molar-refractivity contribution in [2.24, 2.45) is 0 Å². The van der Waals surface area contributed by atoms with Crippen molar-refractivity contribution in [3.63, 3.8) is 0 Å². The summed E-state index contributed by atoms with van der Waals surface area (Å²) in [6.45, 7) is 6.76. The standard InChI is InChI=1S/C16H25NO2/c1-4-6-7-14-8-10-15(11-9-14)17(12-5-2)13(3)16(18)19/h8-11,13H,4-7,12H2,1-3H3,(H,18,19). The molecule has 1 unspecified atom stereocenters. The van der Waals surface area contributed by atoms with Crippen LogP contribution in [0.25, 0.3) is 0 Å². The van der Waals surface area contributed by atoms with E-state index in [9.17, 15) is 4.79 Å². The smallest absolute Gasteiger partial charge is 0.326 e. The highest BCUT2D eigenvalue weighted by Gasteiger charge is 2.19. The lowest BCUT2D eigenvalue weighted by Gasteiger charge is -2.28. The zero-order valence-electron chi connectivity index (χ0n) is 12.2. The molecule has 106 valence electrons. The molecule has 0 fully saturated rings. The highest BCUT2D eigenvalue weighted by Crippen LogP contribution is 2.19. The van der Waals surface area contributed by atoms with Crippen LogP contribution in [0.15, 0.2) is 24.3 Å². The number of carbonyl (C=O) groups is 1. The lowest BCUT2D eigenvalue weighted by molar-refractivity contribution is -0.138. The topological polar surface area (TPSA) is 40.5 Å². The summed E-state index contributed by atoms with van der Waals surface area (Å²) in [7, 11) is 0. The van der Waals surface area contributed by atoms with E-state index >= 15 is 0 Å². The van der Waals surface area contributed by atoms with Gasteiger partial charge in [0.2, 0.25) is 0 Å². The minimum absolute atomic E-state index is 0.485. The first-order valence-electron chi connectivity index (χ1n) is 7.18. The van der Waals surface area contributed by atoms with Gasteiger partial charge < -0.3 is 10.0 Å². The molecule has 0 aromatic heterocycles. The van der Waals surface area contributed by atoms with Gasteiger partial charge in [-0.3, -0.25) is 0 Å². The highest BCUT2D eigenvalue weighted by atomic mass is 16.4. The van der Waals surface area contributed by atoms with E-state index in [0.29, 0.717) is 0 Å². The molecule has 19 heavy (non-hydrogen) atoms. The summed E-state index contributed by atoms with van der Waals surface area (Å²) >= 11 is 0. The first kappa shape index (κ1) is 15.5. The molecule has 1 N–H and O–H groups in total. The summed E-state index contributed by atoms with van der Waals surface area (Å²) in [5, 5.41) is 9.17. The molecule has 1 atom stereocenters. The maximum atomic E-state index is 11.2. The quantitative estimate of drug-likeness (QED) is 0.777. The molecule has 0 radical (unpaired) electrons. The van der Waals surface area contributed by atoms with Gasteiger partial charge in [-0.05, 0) is 43.9 Å². The van der Waals surface area contributed by atoms with Gasteiger partial charge >= 0.3 is 5.97 Å². The third-order valence-electron chi connectivity index (χ3n) is 3.38. The number of aryl methyl sites for hydroxylation is 1. The fourth-order valence-corrected chi connectivity index (χ4v) is 2.16. The Kier molecular flexibility index (Phi) is 6.40. The molecule has 0 saturated heterocycles. The molecule has 3 nitrogen and oxygen atoms in total. The number of anilines is 1. The molecule has 0 aliphatic rings. The lowest BCUT2D eigenvalue weighted by atomic mass is 10.1. The molecule has 0 spiro atoms. The van der Waals surface area contributed by atoms with E-state index in [1.54, 1.807) is 6.92 Å². The van der Waals surface area contributed by atoms with E-state index in [4.69, 9.17) is 5.11 Å². The zero-order chi connectivity index (χ0) is 14.3. The van der Waals surface area contributed by atoms with Crippen molar-refractivity contribution >= 4 is 11.7 Å². The van der Waals surface area contributed by atoms with Crippen LogP contribution in [0.5, 0.6) is 0 Å². The number of carboxylic acid groups (broad SMARTS) is 1. The van der Waals surface area contributed by atoms with Crippen molar-refractivity contribution in [2.45, 2.75) is 52.5 Å². The minimum atomic E-state index is -0.775. The first-order chi connectivity index (χ1) is 9.10. The summed E-state index contributed by atoms with van der Waals surface area (Å²) < 4.78 is 0. The molecule has 0 amide bonds. The monoisotopic (exact) mass is 263 g/mol. The van der Waals surface area contributed by atoms with Gasteiger partial charge in [0.1, 0.15) is 6.04 Å². The van der Waals surface area contributed by atoms with Gasteiger partial charge in [-0.15, -0.1) is 0 Å². The predicted octanol–water partition coefficient (Wildman–Crippen LogP) is 3.72. The van der Waals surface area contributed by atoms with Crippen LogP contribution in [0.2, 0.25) is 0 Å². The normalized spacial score (nSPS) is 12.2. The molecule has 1 rings (SSSR count). The van der Waals surface area contributed by atoms with Crippen LogP contribution in [0.3, 0.4) is 0 Å². The van der Waals surface area contributed by atoms with Gasteiger partial charge in [0.25, 0.3) is 0 Å². The van der Waals surface area contributed by atoms with E-state index in [2.05, 4.69) is 26.0 Å². The molecule has 3 heteroatoms. The summed E-state index contributed by atoms with van der Waals surface area (Å²) in [5.74, 6) is -0.775. The maximum absolute atomic E-state index is 11.2. The molecule has 0 aliphatic carbocycles. The second kappa shape index (κ2) is 7.82. The average Bonchev–Trinajstić information content (AvgIpc) is 2.42. The van der Waals surface area contributed by atoms with Crippen LogP contribution in [0.1, 0.15) is 45.6 Å². The van der Waals surface area contributed by atoms with Crippen LogP contribution in [0, 0.1) is 0 Å². The molecule has 0 saturated carbocycles. The van der Waals surface area contributed by atoms with Crippen LogP contribution in [0.4, 0.5) is 5.69 Å². The molecule has 0 bridgehead atoms. The molecular weight excluding hydrogens is 238 g/mol. The number of benzene rings is 1. The third-order valence-corrected chi connectivity index (χ3v) is 3.38. The van der Waals surface area contributed by atoms with Crippen molar-refractivity contribution in [1.82, 2.24) is 0 Å². The number of rotatable bonds is 8. The van der Waals surface area contributed by atoms with Crippen molar-refractivity contribution in [2.75, 3.05) is 11.4 Å². The molecule has 1 aromatic carbocycles. The Morgan fingerprint density at radius 3 is 2.32 bits per heavy atom. The summed E-state index contributed by atoms with van der Waals surface area (Å²) in [6, 6.07) is 7.83. The molecule has 0 heterocycles. The van der Waals surface area contributed by atoms with E-state index in [0.717, 1.165) is 25.1 Å². The van der Waals surface area contributed by atoms with Crippen LogP contribution < -0.4 is 4.90 Å². The molecule has 1 aromatic rings. The SMILES string of the molecule is CCCCc1ccc(N(CCC)C(C)C(=O)O)cc1. The number of hydrogen-bond acceptors (Lipinski definition) is 2. The van der Waals surface area contributed by atoms with E-state index in [-0.39, 0.29) is 0 Å². The van der Waals surface area contributed by atoms with Gasteiger partial charge in [-0.1, -0.05) is 32.4 Å². The fourth-order valence-electron chi connectivity index (χ4n) is 2.16. The molecule has 0 aliphatic heterocycles. The summed E-state index contributed by atoms with van der Waals surface area (Å²) in [4.78, 5) is 13.1. The third kappa shape index (κ3) is 4.58. The number of hydrogen-bond donors (Lipinski definition) is 1. The summed E-state index contributed by atoms with van der Waals surface area (Å²) in [6.07, 6.45) is 4.43. The zero-order valence-corrected chi connectivity index (χ0v) is 12.2. The van der Waals surface area contributed by atoms with E-state index in [1.165, 1.54) is 18.4 Å². The Bertz CT molecular complexity index is 386. The fraction of sp³-hybridized carbons (Fsp3) is 0.562. The second-order valence-corrected chi connectivity index (χ2v) is 4.98. The van der Waals surface area contributed by atoms with Gasteiger partial charge in [0.15, 0.2) is 0 Å².